The number of aromatic carboxylic acids is 1. The number of hydrogen-bond donors (Lipinski definition) is 1. The molecular formula is C10H11NO3S. The first-order valence-corrected chi connectivity index (χ1v) is 5.85. The third kappa shape index (κ3) is 2.62. The lowest BCUT2D eigenvalue weighted by atomic mass is 10.2. The average Bonchev–Trinajstić information content (AvgIpc) is 2.71. The number of thioether (sulfide) groups is 1. The second-order valence-electron chi connectivity index (χ2n) is 3.29. The highest BCUT2D eigenvalue weighted by Crippen LogP contribution is 2.22. The number of rotatable bonds is 3. The fraction of sp³-hybridized carbons (Fsp3) is 0.400. The lowest BCUT2D eigenvalue weighted by Gasteiger charge is -2.11. The molecule has 1 fully saturated rings. The standard InChI is InChI=1S/C10H11NO3S/c12-10(13)7-1-3-11-9(5-7)14-8-2-4-15-6-8/h1,3,5,8H,2,4,6H2,(H,12,13)/t8-/m0/s1. The number of nitrogens with zero attached hydrogens (tertiary/aromatic N) is 1. The summed E-state index contributed by atoms with van der Waals surface area (Å²) in [5.41, 5.74) is 0.214. The van der Waals surface area contributed by atoms with E-state index in [0.29, 0.717) is 5.88 Å². The second kappa shape index (κ2) is 4.53. The molecule has 1 aromatic heterocycles. The highest BCUT2D eigenvalue weighted by Gasteiger charge is 2.17. The largest absolute Gasteiger partial charge is 0.478 e. The Kier molecular flexibility index (Phi) is 3.11. The van der Waals surface area contributed by atoms with Gasteiger partial charge >= 0.3 is 5.97 Å². The first-order valence-electron chi connectivity index (χ1n) is 4.69. The monoisotopic (exact) mass is 225 g/mol. The van der Waals surface area contributed by atoms with Gasteiger partial charge in [0, 0.05) is 18.0 Å². The minimum Gasteiger partial charge on any atom is -0.478 e. The molecule has 1 saturated heterocycles. The van der Waals surface area contributed by atoms with Gasteiger partial charge < -0.3 is 9.84 Å². The van der Waals surface area contributed by atoms with E-state index in [2.05, 4.69) is 4.98 Å². The van der Waals surface area contributed by atoms with Crippen LogP contribution in [0.15, 0.2) is 18.3 Å². The minimum atomic E-state index is -0.956. The predicted octanol–water partition coefficient (Wildman–Crippen LogP) is 1.66. The van der Waals surface area contributed by atoms with Crippen LogP contribution in [-0.4, -0.2) is 33.7 Å². The zero-order valence-electron chi connectivity index (χ0n) is 8.05. The van der Waals surface area contributed by atoms with E-state index in [1.807, 2.05) is 11.8 Å². The highest BCUT2D eigenvalue weighted by molar-refractivity contribution is 7.99. The summed E-state index contributed by atoms with van der Waals surface area (Å²) in [4.78, 5) is 14.7. The third-order valence-electron chi connectivity index (χ3n) is 2.16. The SMILES string of the molecule is O=C(O)c1ccnc(O[C@H]2CCSC2)c1. The van der Waals surface area contributed by atoms with Gasteiger partial charge in [-0.3, -0.25) is 0 Å². The number of ether oxygens (including phenoxy) is 1. The summed E-state index contributed by atoms with van der Waals surface area (Å²) in [6.45, 7) is 0. The first kappa shape index (κ1) is 10.3. The van der Waals surface area contributed by atoms with Crippen molar-refractivity contribution in [3.63, 3.8) is 0 Å². The maximum Gasteiger partial charge on any atom is 0.335 e. The summed E-state index contributed by atoms with van der Waals surface area (Å²) in [6.07, 6.45) is 2.64. The molecule has 0 unspecified atom stereocenters. The summed E-state index contributed by atoms with van der Waals surface area (Å²) in [6, 6.07) is 2.92. The molecule has 1 atom stereocenters. The molecule has 1 aliphatic heterocycles. The van der Waals surface area contributed by atoms with Crippen LogP contribution in [0, 0.1) is 0 Å². The van der Waals surface area contributed by atoms with Crippen LogP contribution in [0.25, 0.3) is 0 Å². The topological polar surface area (TPSA) is 59.4 Å². The van der Waals surface area contributed by atoms with Gasteiger partial charge in [-0.05, 0) is 18.2 Å². The summed E-state index contributed by atoms with van der Waals surface area (Å²) >= 11 is 1.84. The Morgan fingerprint density at radius 2 is 2.53 bits per heavy atom. The molecule has 0 aromatic carbocycles. The number of carbonyl (C=O) groups is 1. The van der Waals surface area contributed by atoms with E-state index in [4.69, 9.17) is 9.84 Å². The van der Waals surface area contributed by atoms with E-state index in [1.54, 1.807) is 0 Å². The highest BCUT2D eigenvalue weighted by atomic mass is 32.2. The molecule has 2 heterocycles. The Morgan fingerprint density at radius 1 is 1.67 bits per heavy atom. The number of carboxylic acid groups (broad SMARTS) is 1. The molecule has 80 valence electrons. The summed E-state index contributed by atoms with van der Waals surface area (Å²) in [5, 5.41) is 8.78. The van der Waals surface area contributed by atoms with E-state index < -0.39 is 5.97 Å². The molecule has 0 saturated carbocycles. The molecule has 0 radical (unpaired) electrons. The van der Waals surface area contributed by atoms with Crippen molar-refractivity contribution in [1.82, 2.24) is 4.98 Å². The lowest BCUT2D eigenvalue weighted by Crippen LogP contribution is -2.15. The molecule has 2 rings (SSSR count). The van der Waals surface area contributed by atoms with Gasteiger partial charge in [-0.1, -0.05) is 0 Å². The smallest absolute Gasteiger partial charge is 0.335 e. The summed E-state index contributed by atoms with van der Waals surface area (Å²) in [5.74, 6) is 1.51. The summed E-state index contributed by atoms with van der Waals surface area (Å²) < 4.78 is 5.57. The van der Waals surface area contributed by atoms with E-state index in [0.717, 1.165) is 17.9 Å². The van der Waals surface area contributed by atoms with Gasteiger partial charge in [0.15, 0.2) is 0 Å². The molecule has 4 nitrogen and oxygen atoms in total. The van der Waals surface area contributed by atoms with Gasteiger partial charge in [0.05, 0.1) is 5.56 Å². The molecule has 1 aliphatic rings. The van der Waals surface area contributed by atoms with Gasteiger partial charge in [0.25, 0.3) is 0 Å². The van der Waals surface area contributed by atoms with Crippen LogP contribution < -0.4 is 4.74 Å². The zero-order valence-corrected chi connectivity index (χ0v) is 8.87. The van der Waals surface area contributed by atoms with Crippen molar-refractivity contribution in [1.29, 1.82) is 0 Å². The van der Waals surface area contributed by atoms with Gasteiger partial charge in [-0.25, -0.2) is 9.78 Å². The molecule has 1 aromatic rings. The third-order valence-corrected chi connectivity index (χ3v) is 3.29. The van der Waals surface area contributed by atoms with Crippen LogP contribution in [0.3, 0.4) is 0 Å². The number of aromatic nitrogens is 1. The van der Waals surface area contributed by atoms with Gasteiger partial charge in [-0.2, -0.15) is 11.8 Å². The summed E-state index contributed by atoms with van der Waals surface area (Å²) in [7, 11) is 0. The maximum absolute atomic E-state index is 10.7. The van der Waals surface area contributed by atoms with Crippen LogP contribution in [0.2, 0.25) is 0 Å². The predicted molar refractivity (Wildman–Crippen MR) is 57.6 cm³/mol. The second-order valence-corrected chi connectivity index (χ2v) is 4.44. The van der Waals surface area contributed by atoms with Crippen LogP contribution >= 0.6 is 11.8 Å². The zero-order chi connectivity index (χ0) is 10.7. The molecule has 0 amide bonds. The quantitative estimate of drug-likeness (QED) is 0.847. The van der Waals surface area contributed by atoms with Crippen LogP contribution in [0.5, 0.6) is 5.88 Å². The van der Waals surface area contributed by atoms with E-state index >= 15 is 0 Å². The van der Waals surface area contributed by atoms with E-state index in [-0.39, 0.29) is 11.7 Å². The maximum atomic E-state index is 10.7. The Balaban J connectivity index is 2.07. The van der Waals surface area contributed by atoms with E-state index in [9.17, 15) is 4.79 Å². The average molecular weight is 225 g/mol. The van der Waals surface area contributed by atoms with Crippen LogP contribution in [-0.2, 0) is 0 Å². The molecule has 1 N–H and O–H groups in total. The van der Waals surface area contributed by atoms with Gasteiger partial charge in [0.1, 0.15) is 6.10 Å². The number of carboxylic acids is 1. The van der Waals surface area contributed by atoms with Gasteiger partial charge in [0.2, 0.25) is 5.88 Å². The minimum absolute atomic E-state index is 0.173. The molecular weight excluding hydrogens is 214 g/mol. The van der Waals surface area contributed by atoms with Crippen molar-refractivity contribution in [3.05, 3.63) is 23.9 Å². The van der Waals surface area contributed by atoms with Crippen molar-refractivity contribution in [2.75, 3.05) is 11.5 Å². The van der Waals surface area contributed by atoms with E-state index in [1.165, 1.54) is 18.3 Å². The number of pyridine rings is 1. The van der Waals surface area contributed by atoms with Crippen molar-refractivity contribution in [2.24, 2.45) is 0 Å². The Bertz CT molecular complexity index is 363. The first-order chi connectivity index (χ1) is 7.25. The number of hydrogen-bond acceptors (Lipinski definition) is 4. The van der Waals surface area contributed by atoms with Crippen molar-refractivity contribution in [2.45, 2.75) is 12.5 Å². The van der Waals surface area contributed by atoms with Gasteiger partial charge in [-0.15, -0.1) is 0 Å². The Hall–Kier alpha value is -1.23. The fourth-order valence-corrected chi connectivity index (χ4v) is 2.48. The normalized spacial score (nSPS) is 20.1. The lowest BCUT2D eigenvalue weighted by molar-refractivity contribution is 0.0695. The Labute approximate surface area is 91.7 Å². The molecule has 0 aliphatic carbocycles. The van der Waals surface area contributed by atoms with Crippen LogP contribution in [0.1, 0.15) is 16.8 Å². The Morgan fingerprint density at radius 3 is 3.20 bits per heavy atom. The molecule has 0 spiro atoms. The van der Waals surface area contributed by atoms with Crippen molar-refractivity contribution in [3.8, 4) is 5.88 Å². The van der Waals surface area contributed by atoms with Crippen LogP contribution in [0.4, 0.5) is 0 Å². The van der Waals surface area contributed by atoms with Crippen molar-refractivity contribution >= 4 is 17.7 Å². The molecule has 15 heavy (non-hydrogen) atoms. The van der Waals surface area contributed by atoms with Crippen molar-refractivity contribution < 1.29 is 14.6 Å². The fourth-order valence-electron chi connectivity index (χ4n) is 1.38. The molecule has 0 bridgehead atoms. The molecule has 5 heteroatoms.